The van der Waals surface area contributed by atoms with E-state index < -0.39 is 0 Å². The average Bonchev–Trinajstić information content (AvgIpc) is 2.50. The molecule has 120 valence electrons. The number of carbonyl (C=O) groups is 2. The van der Waals surface area contributed by atoms with Crippen LogP contribution in [0.15, 0.2) is 30.3 Å². The Morgan fingerprint density at radius 1 is 1.18 bits per heavy atom. The summed E-state index contributed by atoms with van der Waals surface area (Å²) in [5, 5.41) is 6.00. The van der Waals surface area contributed by atoms with Gasteiger partial charge in [-0.15, -0.1) is 0 Å². The van der Waals surface area contributed by atoms with E-state index in [-0.39, 0.29) is 17.9 Å². The molecule has 1 aliphatic rings. The van der Waals surface area contributed by atoms with Crippen molar-refractivity contribution >= 4 is 11.8 Å². The second-order valence-electron chi connectivity index (χ2n) is 6.38. The first-order valence-corrected chi connectivity index (χ1v) is 8.21. The SMILES string of the molecule is C[C@H](CC(=O)N[C@@H]1CCCC[C@H]1C)NC(=O)c1ccccc1. The molecule has 0 spiro atoms. The third-order valence-corrected chi connectivity index (χ3v) is 4.36. The summed E-state index contributed by atoms with van der Waals surface area (Å²) < 4.78 is 0. The zero-order valence-electron chi connectivity index (χ0n) is 13.5. The van der Waals surface area contributed by atoms with Gasteiger partial charge in [0, 0.05) is 24.1 Å². The molecule has 1 aliphatic carbocycles. The van der Waals surface area contributed by atoms with Gasteiger partial charge < -0.3 is 10.6 Å². The second kappa shape index (κ2) is 7.97. The Bertz CT molecular complexity index is 501. The normalized spacial score (nSPS) is 22.6. The summed E-state index contributed by atoms with van der Waals surface area (Å²) in [5.41, 5.74) is 0.621. The Labute approximate surface area is 132 Å². The summed E-state index contributed by atoms with van der Waals surface area (Å²) in [6, 6.07) is 9.19. The summed E-state index contributed by atoms with van der Waals surface area (Å²) in [4.78, 5) is 24.2. The molecule has 3 atom stereocenters. The van der Waals surface area contributed by atoms with E-state index in [9.17, 15) is 9.59 Å². The van der Waals surface area contributed by atoms with E-state index in [2.05, 4.69) is 17.6 Å². The minimum atomic E-state index is -0.174. The van der Waals surface area contributed by atoms with E-state index in [0.29, 0.717) is 23.9 Å². The molecule has 2 amide bonds. The van der Waals surface area contributed by atoms with Crippen LogP contribution in [-0.4, -0.2) is 23.9 Å². The fraction of sp³-hybridized carbons (Fsp3) is 0.556. The highest BCUT2D eigenvalue weighted by Gasteiger charge is 2.23. The third-order valence-electron chi connectivity index (χ3n) is 4.36. The zero-order chi connectivity index (χ0) is 15.9. The molecule has 1 fully saturated rings. The van der Waals surface area contributed by atoms with Crippen LogP contribution < -0.4 is 10.6 Å². The topological polar surface area (TPSA) is 58.2 Å². The lowest BCUT2D eigenvalue weighted by Crippen LogP contribution is -2.44. The number of carbonyl (C=O) groups excluding carboxylic acids is 2. The van der Waals surface area contributed by atoms with Crippen LogP contribution in [0.25, 0.3) is 0 Å². The van der Waals surface area contributed by atoms with Crippen molar-refractivity contribution in [2.75, 3.05) is 0 Å². The van der Waals surface area contributed by atoms with Crippen LogP contribution in [0.3, 0.4) is 0 Å². The van der Waals surface area contributed by atoms with Crippen LogP contribution in [0.5, 0.6) is 0 Å². The first kappa shape index (κ1) is 16.5. The predicted octanol–water partition coefficient (Wildman–Crippen LogP) is 2.89. The lowest BCUT2D eigenvalue weighted by molar-refractivity contribution is -0.122. The van der Waals surface area contributed by atoms with E-state index in [1.54, 1.807) is 12.1 Å². The van der Waals surface area contributed by atoms with E-state index in [4.69, 9.17) is 0 Å². The highest BCUT2D eigenvalue weighted by Crippen LogP contribution is 2.23. The number of amides is 2. The molecule has 22 heavy (non-hydrogen) atoms. The summed E-state index contributed by atoms with van der Waals surface area (Å²) in [6.45, 7) is 4.06. The molecule has 0 aliphatic heterocycles. The lowest BCUT2D eigenvalue weighted by Gasteiger charge is -2.30. The van der Waals surface area contributed by atoms with Gasteiger partial charge in [0.15, 0.2) is 0 Å². The van der Waals surface area contributed by atoms with E-state index in [1.165, 1.54) is 19.3 Å². The van der Waals surface area contributed by atoms with E-state index in [1.807, 2.05) is 25.1 Å². The number of rotatable bonds is 5. The van der Waals surface area contributed by atoms with E-state index >= 15 is 0 Å². The van der Waals surface area contributed by atoms with Gasteiger partial charge in [-0.2, -0.15) is 0 Å². The highest BCUT2D eigenvalue weighted by molar-refractivity contribution is 5.94. The molecular weight excluding hydrogens is 276 g/mol. The minimum Gasteiger partial charge on any atom is -0.353 e. The van der Waals surface area contributed by atoms with Crippen molar-refractivity contribution in [1.29, 1.82) is 0 Å². The van der Waals surface area contributed by atoms with Crippen LogP contribution >= 0.6 is 0 Å². The Morgan fingerprint density at radius 3 is 2.55 bits per heavy atom. The van der Waals surface area contributed by atoms with Crippen molar-refractivity contribution in [2.45, 2.75) is 58.0 Å². The smallest absolute Gasteiger partial charge is 0.251 e. The van der Waals surface area contributed by atoms with Gasteiger partial charge >= 0.3 is 0 Å². The Kier molecular flexibility index (Phi) is 5.99. The van der Waals surface area contributed by atoms with Crippen LogP contribution in [0.4, 0.5) is 0 Å². The molecule has 0 unspecified atom stereocenters. The van der Waals surface area contributed by atoms with Crippen LogP contribution in [0.2, 0.25) is 0 Å². The van der Waals surface area contributed by atoms with Crippen LogP contribution in [-0.2, 0) is 4.79 Å². The molecule has 2 rings (SSSR count). The zero-order valence-corrected chi connectivity index (χ0v) is 13.5. The van der Waals surface area contributed by atoms with Gasteiger partial charge in [0.05, 0.1) is 0 Å². The van der Waals surface area contributed by atoms with Crippen LogP contribution in [0, 0.1) is 5.92 Å². The quantitative estimate of drug-likeness (QED) is 0.878. The van der Waals surface area contributed by atoms with Gasteiger partial charge in [0.1, 0.15) is 0 Å². The van der Waals surface area contributed by atoms with E-state index in [0.717, 1.165) is 6.42 Å². The van der Waals surface area contributed by atoms with Gasteiger partial charge in [0.2, 0.25) is 5.91 Å². The van der Waals surface area contributed by atoms with Gasteiger partial charge in [-0.05, 0) is 37.8 Å². The molecule has 4 heteroatoms. The van der Waals surface area contributed by atoms with Crippen molar-refractivity contribution in [3.8, 4) is 0 Å². The molecule has 0 radical (unpaired) electrons. The predicted molar refractivity (Wildman–Crippen MR) is 87.5 cm³/mol. The highest BCUT2D eigenvalue weighted by atomic mass is 16.2. The van der Waals surface area contributed by atoms with Crippen molar-refractivity contribution in [2.24, 2.45) is 5.92 Å². The van der Waals surface area contributed by atoms with Gasteiger partial charge in [0.25, 0.3) is 5.91 Å². The first-order chi connectivity index (χ1) is 10.6. The molecular formula is C18H26N2O2. The minimum absolute atomic E-state index is 0.0274. The van der Waals surface area contributed by atoms with Gasteiger partial charge in [-0.3, -0.25) is 9.59 Å². The Balaban J connectivity index is 1.77. The summed E-state index contributed by atoms with van der Waals surface area (Å²) in [7, 11) is 0. The number of nitrogens with one attached hydrogen (secondary N) is 2. The van der Waals surface area contributed by atoms with Crippen molar-refractivity contribution < 1.29 is 9.59 Å². The van der Waals surface area contributed by atoms with Crippen molar-refractivity contribution in [1.82, 2.24) is 10.6 Å². The second-order valence-corrected chi connectivity index (χ2v) is 6.38. The molecule has 0 bridgehead atoms. The number of benzene rings is 1. The molecule has 1 aromatic carbocycles. The maximum atomic E-state index is 12.1. The molecule has 0 aromatic heterocycles. The number of hydrogen-bond acceptors (Lipinski definition) is 2. The Morgan fingerprint density at radius 2 is 1.86 bits per heavy atom. The first-order valence-electron chi connectivity index (χ1n) is 8.21. The Hall–Kier alpha value is -1.84. The summed E-state index contributed by atoms with van der Waals surface area (Å²) >= 11 is 0. The molecule has 4 nitrogen and oxygen atoms in total. The van der Waals surface area contributed by atoms with Crippen molar-refractivity contribution in [3.05, 3.63) is 35.9 Å². The standard InChI is InChI=1S/C18H26N2O2/c1-13-8-6-7-11-16(13)20-17(21)12-14(2)19-18(22)15-9-4-3-5-10-15/h3-5,9-10,13-14,16H,6-8,11-12H2,1-2H3,(H,19,22)(H,20,21)/t13-,14-,16-/m1/s1. The maximum Gasteiger partial charge on any atom is 0.251 e. The molecule has 1 saturated carbocycles. The molecule has 2 N–H and O–H groups in total. The average molecular weight is 302 g/mol. The fourth-order valence-corrected chi connectivity index (χ4v) is 3.02. The largest absolute Gasteiger partial charge is 0.353 e. The van der Waals surface area contributed by atoms with Gasteiger partial charge in [-0.1, -0.05) is 38.0 Å². The molecule has 0 heterocycles. The lowest BCUT2D eigenvalue weighted by atomic mass is 9.86. The fourth-order valence-electron chi connectivity index (χ4n) is 3.02. The van der Waals surface area contributed by atoms with Gasteiger partial charge in [-0.25, -0.2) is 0 Å². The van der Waals surface area contributed by atoms with Crippen molar-refractivity contribution in [3.63, 3.8) is 0 Å². The summed E-state index contributed by atoms with van der Waals surface area (Å²) in [5.74, 6) is 0.443. The maximum absolute atomic E-state index is 12.1. The number of hydrogen-bond donors (Lipinski definition) is 2. The molecule has 1 aromatic rings. The summed E-state index contributed by atoms with van der Waals surface area (Å²) in [6.07, 6.45) is 5.03. The van der Waals surface area contributed by atoms with Crippen LogP contribution in [0.1, 0.15) is 56.3 Å². The third kappa shape index (κ3) is 4.86. The molecule has 0 saturated heterocycles. The monoisotopic (exact) mass is 302 g/mol.